The smallest absolute Gasteiger partial charge is 0.0726 e. The molecule has 56 valence electrons. The molecule has 0 spiro atoms. The molecule has 1 aliphatic rings. The van der Waals surface area contributed by atoms with E-state index in [0.717, 1.165) is 6.54 Å². The molecule has 0 amide bonds. The van der Waals surface area contributed by atoms with Gasteiger partial charge in [0.1, 0.15) is 0 Å². The van der Waals surface area contributed by atoms with Gasteiger partial charge in [-0.05, 0) is 0 Å². The molecule has 3 N–H and O–H groups in total. The highest BCUT2D eigenvalue weighted by Gasteiger charge is 2.23. The Morgan fingerprint density at radius 1 is 1.44 bits per heavy atom. The standard InChI is InChI=1S/C5H11NO2.ClH/c7-3-4-1-6-2-5(4)8;/h4-8H,1-3H2;1H/t4-,5-;/m1./s1. The van der Waals surface area contributed by atoms with Crippen LogP contribution in [0.2, 0.25) is 0 Å². The van der Waals surface area contributed by atoms with Crippen molar-refractivity contribution in [2.24, 2.45) is 5.92 Å². The van der Waals surface area contributed by atoms with E-state index in [9.17, 15) is 0 Å². The highest BCUT2D eigenvalue weighted by atomic mass is 35.5. The fourth-order valence-electron chi connectivity index (χ4n) is 0.906. The van der Waals surface area contributed by atoms with Gasteiger partial charge in [0, 0.05) is 25.6 Å². The quantitative estimate of drug-likeness (QED) is 0.452. The van der Waals surface area contributed by atoms with Crippen molar-refractivity contribution in [1.82, 2.24) is 5.32 Å². The molecule has 1 fully saturated rings. The van der Waals surface area contributed by atoms with Crippen molar-refractivity contribution in [3.8, 4) is 0 Å². The second-order valence-electron chi connectivity index (χ2n) is 2.17. The Hall–Kier alpha value is 0.170. The summed E-state index contributed by atoms with van der Waals surface area (Å²) in [5, 5.41) is 20.5. The van der Waals surface area contributed by atoms with Crippen molar-refractivity contribution in [2.75, 3.05) is 19.7 Å². The van der Waals surface area contributed by atoms with Crippen molar-refractivity contribution in [3.63, 3.8) is 0 Å². The molecule has 3 nitrogen and oxygen atoms in total. The molecule has 1 aliphatic heterocycles. The molecule has 1 rings (SSSR count). The van der Waals surface area contributed by atoms with Gasteiger partial charge in [-0.2, -0.15) is 0 Å². The minimum absolute atomic E-state index is 0. The van der Waals surface area contributed by atoms with E-state index in [2.05, 4.69) is 5.32 Å². The van der Waals surface area contributed by atoms with Crippen molar-refractivity contribution in [1.29, 1.82) is 0 Å². The summed E-state index contributed by atoms with van der Waals surface area (Å²) in [6.45, 7) is 1.47. The third-order valence-corrected chi connectivity index (χ3v) is 1.54. The van der Waals surface area contributed by atoms with E-state index in [-0.39, 0.29) is 31.0 Å². The number of halogens is 1. The fraction of sp³-hybridized carbons (Fsp3) is 1.00. The molecular formula is C5H12ClNO2. The molecular weight excluding hydrogens is 142 g/mol. The Balaban J connectivity index is 0.000000640. The minimum Gasteiger partial charge on any atom is -0.396 e. The van der Waals surface area contributed by atoms with Crippen molar-refractivity contribution >= 4 is 12.4 Å². The van der Waals surface area contributed by atoms with Crippen LogP contribution in [-0.2, 0) is 0 Å². The van der Waals surface area contributed by atoms with Crippen LogP contribution in [-0.4, -0.2) is 36.0 Å². The Morgan fingerprint density at radius 2 is 2.11 bits per heavy atom. The number of hydrogen-bond donors (Lipinski definition) is 3. The zero-order valence-electron chi connectivity index (χ0n) is 5.08. The molecule has 9 heavy (non-hydrogen) atoms. The van der Waals surface area contributed by atoms with Gasteiger partial charge >= 0.3 is 0 Å². The van der Waals surface area contributed by atoms with Gasteiger partial charge in [0.25, 0.3) is 0 Å². The highest BCUT2D eigenvalue weighted by molar-refractivity contribution is 5.85. The molecule has 0 aromatic rings. The lowest BCUT2D eigenvalue weighted by Gasteiger charge is -2.06. The van der Waals surface area contributed by atoms with E-state index in [1.54, 1.807) is 0 Å². The first-order valence-corrected chi connectivity index (χ1v) is 2.84. The summed E-state index contributed by atoms with van der Waals surface area (Å²) >= 11 is 0. The summed E-state index contributed by atoms with van der Waals surface area (Å²) in [4.78, 5) is 0. The Labute approximate surface area is 60.5 Å². The Morgan fingerprint density at radius 3 is 2.33 bits per heavy atom. The zero-order valence-corrected chi connectivity index (χ0v) is 5.90. The van der Waals surface area contributed by atoms with Gasteiger partial charge in [-0.25, -0.2) is 0 Å². The maximum Gasteiger partial charge on any atom is 0.0726 e. The lowest BCUT2D eigenvalue weighted by molar-refractivity contribution is 0.104. The average Bonchev–Trinajstić information content (AvgIpc) is 2.14. The zero-order chi connectivity index (χ0) is 5.98. The lowest BCUT2D eigenvalue weighted by Crippen LogP contribution is -2.20. The molecule has 1 heterocycles. The van der Waals surface area contributed by atoms with Gasteiger partial charge in [0.2, 0.25) is 0 Å². The lowest BCUT2D eigenvalue weighted by atomic mass is 10.1. The molecule has 0 aliphatic carbocycles. The summed E-state index contributed by atoms with van der Waals surface area (Å²) in [5.41, 5.74) is 0. The summed E-state index contributed by atoms with van der Waals surface area (Å²) in [5.74, 6) is 0.0648. The van der Waals surface area contributed by atoms with Gasteiger partial charge in [0.05, 0.1) is 6.10 Å². The summed E-state index contributed by atoms with van der Waals surface area (Å²) < 4.78 is 0. The average molecular weight is 154 g/mol. The third-order valence-electron chi connectivity index (χ3n) is 1.54. The number of hydrogen-bond acceptors (Lipinski definition) is 3. The van der Waals surface area contributed by atoms with Crippen molar-refractivity contribution < 1.29 is 10.2 Å². The fourth-order valence-corrected chi connectivity index (χ4v) is 0.906. The number of aliphatic hydroxyl groups excluding tert-OH is 2. The first-order chi connectivity index (χ1) is 3.84. The van der Waals surface area contributed by atoms with E-state index in [1.165, 1.54) is 0 Å². The van der Waals surface area contributed by atoms with E-state index in [1.807, 2.05) is 0 Å². The second-order valence-corrected chi connectivity index (χ2v) is 2.17. The van der Waals surface area contributed by atoms with Crippen molar-refractivity contribution in [3.05, 3.63) is 0 Å². The molecule has 0 aromatic carbocycles. The van der Waals surface area contributed by atoms with Crippen LogP contribution in [0.15, 0.2) is 0 Å². The van der Waals surface area contributed by atoms with Crippen molar-refractivity contribution in [2.45, 2.75) is 6.10 Å². The van der Waals surface area contributed by atoms with Crippen LogP contribution in [0.3, 0.4) is 0 Å². The number of aliphatic hydroxyl groups is 2. The maximum absolute atomic E-state index is 8.97. The van der Waals surface area contributed by atoms with Crippen LogP contribution in [0, 0.1) is 5.92 Å². The van der Waals surface area contributed by atoms with Gasteiger partial charge in [-0.15, -0.1) is 12.4 Å². The molecule has 0 aromatic heterocycles. The van der Waals surface area contributed by atoms with Crippen LogP contribution in [0.1, 0.15) is 0 Å². The SMILES string of the molecule is Cl.OC[C@H]1CNC[C@H]1O. The molecule has 4 heteroatoms. The Kier molecular flexibility index (Phi) is 4.14. The summed E-state index contributed by atoms with van der Waals surface area (Å²) in [6.07, 6.45) is -0.333. The predicted molar refractivity (Wildman–Crippen MR) is 36.7 cm³/mol. The highest BCUT2D eigenvalue weighted by Crippen LogP contribution is 2.05. The first kappa shape index (κ1) is 9.17. The van der Waals surface area contributed by atoms with Crippen LogP contribution in [0.25, 0.3) is 0 Å². The predicted octanol–water partition coefficient (Wildman–Crippen LogP) is -1.02. The summed E-state index contributed by atoms with van der Waals surface area (Å²) in [7, 11) is 0. The molecule has 0 radical (unpaired) electrons. The minimum atomic E-state index is -0.333. The van der Waals surface area contributed by atoms with Crippen LogP contribution in [0.5, 0.6) is 0 Å². The molecule has 0 saturated carbocycles. The van der Waals surface area contributed by atoms with Crippen LogP contribution < -0.4 is 5.32 Å². The van der Waals surface area contributed by atoms with E-state index in [0.29, 0.717) is 6.54 Å². The normalized spacial score (nSPS) is 34.0. The van der Waals surface area contributed by atoms with E-state index in [4.69, 9.17) is 10.2 Å². The monoisotopic (exact) mass is 153 g/mol. The largest absolute Gasteiger partial charge is 0.396 e. The molecule has 1 saturated heterocycles. The topological polar surface area (TPSA) is 52.5 Å². The van der Waals surface area contributed by atoms with Gasteiger partial charge < -0.3 is 15.5 Å². The van der Waals surface area contributed by atoms with Gasteiger partial charge in [-0.1, -0.05) is 0 Å². The second kappa shape index (κ2) is 4.06. The first-order valence-electron chi connectivity index (χ1n) is 2.84. The summed E-state index contributed by atoms with van der Waals surface area (Å²) in [6, 6.07) is 0. The Bertz CT molecular complexity index is 81.4. The molecule has 0 bridgehead atoms. The van der Waals surface area contributed by atoms with Crippen LogP contribution >= 0.6 is 12.4 Å². The molecule has 2 atom stereocenters. The van der Waals surface area contributed by atoms with E-state index < -0.39 is 0 Å². The molecule has 0 unspecified atom stereocenters. The number of rotatable bonds is 1. The maximum atomic E-state index is 8.97. The third kappa shape index (κ3) is 2.10. The number of nitrogens with one attached hydrogen (secondary N) is 1. The van der Waals surface area contributed by atoms with E-state index >= 15 is 0 Å². The van der Waals surface area contributed by atoms with Crippen LogP contribution in [0.4, 0.5) is 0 Å². The van der Waals surface area contributed by atoms with Gasteiger partial charge in [0.15, 0.2) is 0 Å². The number of β-amino-alcohol motifs (C(OH)–C–C–N with tert-alkyl or cyclic N) is 1. The van der Waals surface area contributed by atoms with Gasteiger partial charge in [-0.3, -0.25) is 0 Å².